The van der Waals surface area contributed by atoms with Gasteiger partial charge >= 0.3 is 12.1 Å². The van der Waals surface area contributed by atoms with Crippen molar-refractivity contribution in [3.63, 3.8) is 0 Å². The third-order valence-electron chi connectivity index (χ3n) is 6.73. The quantitative estimate of drug-likeness (QED) is 0.238. The fourth-order valence-corrected chi connectivity index (χ4v) is 4.85. The topological polar surface area (TPSA) is 125 Å². The predicted molar refractivity (Wildman–Crippen MR) is 151 cm³/mol. The van der Waals surface area contributed by atoms with Gasteiger partial charge in [0.05, 0.1) is 19.1 Å². The van der Waals surface area contributed by atoms with Crippen LogP contribution in [0.3, 0.4) is 0 Å². The summed E-state index contributed by atoms with van der Waals surface area (Å²) >= 11 is 5.99. The highest BCUT2D eigenvalue weighted by molar-refractivity contribution is 6.29. The van der Waals surface area contributed by atoms with Gasteiger partial charge in [0.15, 0.2) is 0 Å². The number of benzene rings is 2. The molecule has 0 saturated heterocycles. The monoisotopic (exact) mass is 614 g/mol. The van der Waals surface area contributed by atoms with Crippen molar-refractivity contribution in [2.45, 2.75) is 37.9 Å². The molecule has 11 nitrogen and oxygen atoms in total. The number of carboxylic acid groups (broad SMARTS) is 1. The van der Waals surface area contributed by atoms with Gasteiger partial charge in [-0.15, -0.1) is 5.10 Å². The number of carboxylic acids is 1. The standard InChI is InChI=1S/C26H25ClN8O.C2HF3O2/c1-36-23-14-19(7-10-22(23)34-15-24(27)29-17-34)30-26-31-25-21(4-2-3-12-35(25)32-26)18-5-8-20(9-6-18)33-13-11-28-16-33;3-2(4,5)1(6)7/h5-11,13-17,21H,2-4,12H2,1H3,(H,30,32);(H,6,7). The molecule has 0 aliphatic carbocycles. The van der Waals surface area contributed by atoms with Crippen molar-refractivity contribution in [2.24, 2.45) is 0 Å². The molecule has 0 bridgehead atoms. The number of hydrogen-bond acceptors (Lipinski definition) is 7. The Labute approximate surface area is 248 Å². The van der Waals surface area contributed by atoms with Crippen molar-refractivity contribution in [3.05, 3.63) is 90.3 Å². The summed E-state index contributed by atoms with van der Waals surface area (Å²) in [6.45, 7) is 0.858. The number of hydrogen-bond donors (Lipinski definition) is 2. The zero-order valence-corrected chi connectivity index (χ0v) is 23.5. The maximum absolute atomic E-state index is 10.6. The van der Waals surface area contributed by atoms with Crippen molar-refractivity contribution in [2.75, 3.05) is 12.4 Å². The first-order valence-corrected chi connectivity index (χ1v) is 13.5. The van der Waals surface area contributed by atoms with E-state index in [-0.39, 0.29) is 5.92 Å². The molecule has 43 heavy (non-hydrogen) atoms. The van der Waals surface area contributed by atoms with Crippen LogP contribution in [0.5, 0.6) is 5.75 Å². The average molecular weight is 615 g/mol. The lowest BCUT2D eigenvalue weighted by Gasteiger charge is -2.15. The maximum atomic E-state index is 10.6. The van der Waals surface area contributed by atoms with Gasteiger partial charge in [-0.25, -0.2) is 19.4 Å². The number of methoxy groups -OCH3 is 1. The smallest absolute Gasteiger partial charge is 0.490 e. The SMILES string of the molecule is COc1cc(Nc2nc3n(n2)CCCCC3c2ccc(-n3ccnc3)cc2)ccc1-n1cnc(Cl)c1.O=C(O)C(F)(F)F. The number of carbonyl (C=O) groups is 1. The largest absolute Gasteiger partial charge is 0.494 e. The van der Waals surface area contributed by atoms with Gasteiger partial charge in [0.2, 0.25) is 5.95 Å². The lowest BCUT2D eigenvalue weighted by Crippen LogP contribution is -2.21. The molecule has 224 valence electrons. The zero-order chi connectivity index (χ0) is 30.6. The number of nitrogens with one attached hydrogen (secondary N) is 1. The van der Waals surface area contributed by atoms with Gasteiger partial charge in [-0.05, 0) is 42.7 Å². The number of fused-ring (bicyclic) bond motifs is 1. The van der Waals surface area contributed by atoms with E-state index in [4.69, 9.17) is 36.3 Å². The minimum atomic E-state index is -5.08. The normalized spacial score (nSPS) is 14.7. The van der Waals surface area contributed by atoms with Gasteiger partial charge in [-0.2, -0.15) is 18.2 Å². The van der Waals surface area contributed by atoms with Gasteiger partial charge in [-0.1, -0.05) is 30.2 Å². The molecule has 0 spiro atoms. The van der Waals surface area contributed by atoms with Crippen LogP contribution >= 0.6 is 11.6 Å². The molecular weight excluding hydrogens is 589 g/mol. The second-order valence-electron chi connectivity index (χ2n) is 9.54. The van der Waals surface area contributed by atoms with Crippen molar-refractivity contribution >= 4 is 29.2 Å². The fourth-order valence-electron chi connectivity index (χ4n) is 4.70. The summed E-state index contributed by atoms with van der Waals surface area (Å²) in [5.74, 6) is -0.317. The van der Waals surface area contributed by atoms with E-state index >= 15 is 0 Å². The van der Waals surface area contributed by atoms with Crippen LogP contribution in [-0.4, -0.2) is 58.2 Å². The average Bonchev–Trinajstić information content (AvgIpc) is 3.73. The number of ether oxygens (including phenoxy) is 1. The van der Waals surface area contributed by atoms with Crippen LogP contribution in [0, 0.1) is 0 Å². The Hall–Kier alpha value is -4.85. The number of aromatic nitrogens is 7. The zero-order valence-electron chi connectivity index (χ0n) is 22.7. The Kier molecular flexibility index (Phi) is 8.66. The highest BCUT2D eigenvalue weighted by atomic mass is 35.5. The van der Waals surface area contributed by atoms with Crippen LogP contribution in [0.1, 0.15) is 36.6 Å². The fraction of sp³-hybridized carbons (Fsp3) is 0.250. The summed E-state index contributed by atoms with van der Waals surface area (Å²) in [5.41, 5.74) is 4.01. The molecule has 2 N–H and O–H groups in total. The van der Waals surface area contributed by atoms with E-state index in [0.29, 0.717) is 16.9 Å². The number of anilines is 2. The van der Waals surface area contributed by atoms with E-state index in [9.17, 15) is 13.2 Å². The van der Waals surface area contributed by atoms with E-state index in [0.717, 1.165) is 48.7 Å². The molecule has 5 aromatic rings. The molecule has 15 heteroatoms. The molecule has 0 radical (unpaired) electrons. The first kappa shape index (κ1) is 29.6. The van der Waals surface area contributed by atoms with Crippen LogP contribution in [0.15, 0.2) is 73.7 Å². The Balaban J connectivity index is 0.000000472. The van der Waals surface area contributed by atoms with E-state index in [1.165, 1.54) is 5.56 Å². The molecule has 2 aromatic carbocycles. The Morgan fingerprint density at radius 1 is 1.12 bits per heavy atom. The Bertz CT molecular complexity index is 1680. The minimum Gasteiger partial charge on any atom is -0.494 e. The lowest BCUT2D eigenvalue weighted by molar-refractivity contribution is -0.192. The number of rotatable bonds is 6. The van der Waals surface area contributed by atoms with Crippen LogP contribution in [0.25, 0.3) is 11.4 Å². The number of aliphatic carboxylic acids is 1. The third-order valence-corrected chi connectivity index (χ3v) is 6.93. The van der Waals surface area contributed by atoms with E-state index in [1.807, 2.05) is 38.2 Å². The van der Waals surface area contributed by atoms with Gasteiger partial charge < -0.3 is 24.3 Å². The van der Waals surface area contributed by atoms with Crippen LogP contribution < -0.4 is 10.1 Å². The van der Waals surface area contributed by atoms with Gasteiger partial charge in [0, 0.05) is 48.5 Å². The number of alkyl halides is 3. The maximum Gasteiger partial charge on any atom is 0.490 e. The molecule has 0 saturated carbocycles. The Morgan fingerprint density at radius 3 is 2.51 bits per heavy atom. The summed E-state index contributed by atoms with van der Waals surface area (Å²) in [4.78, 5) is 22.0. The highest BCUT2D eigenvalue weighted by Gasteiger charge is 2.38. The predicted octanol–water partition coefficient (Wildman–Crippen LogP) is 6.00. The van der Waals surface area contributed by atoms with Crippen molar-refractivity contribution in [1.82, 2.24) is 33.9 Å². The summed E-state index contributed by atoms with van der Waals surface area (Å²) in [7, 11) is 1.64. The molecule has 1 aliphatic heterocycles. The molecule has 0 amide bonds. The Morgan fingerprint density at radius 2 is 1.88 bits per heavy atom. The van der Waals surface area contributed by atoms with Crippen LogP contribution in [-0.2, 0) is 11.3 Å². The first-order chi connectivity index (χ1) is 20.6. The number of aryl methyl sites for hydroxylation is 1. The molecule has 3 aromatic heterocycles. The molecule has 1 atom stereocenters. The summed E-state index contributed by atoms with van der Waals surface area (Å²) in [6.07, 6.45) is 7.11. The van der Waals surface area contributed by atoms with E-state index in [1.54, 1.807) is 32.2 Å². The lowest BCUT2D eigenvalue weighted by atomic mass is 9.93. The van der Waals surface area contributed by atoms with Gasteiger partial charge in [0.1, 0.15) is 23.1 Å². The van der Waals surface area contributed by atoms with Crippen LogP contribution in [0.4, 0.5) is 24.8 Å². The van der Waals surface area contributed by atoms with Gasteiger partial charge in [0.25, 0.3) is 0 Å². The molecule has 6 rings (SSSR count). The van der Waals surface area contributed by atoms with Crippen molar-refractivity contribution in [1.29, 1.82) is 0 Å². The highest BCUT2D eigenvalue weighted by Crippen LogP contribution is 2.34. The molecule has 1 unspecified atom stereocenters. The second-order valence-corrected chi connectivity index (χ2v) is 9.93. The van der Waals surface area contributed by atoms with Crippen molar-refractivity contribution < 1.29 is 27.8 Å². The molecule has 0 fully saturated rings. The molecule has 4 heterocycles. The third kappa shape index (κ3) is 6.97. The second kappa shape index (κ2) is 12.6. The van der Waals surface area contributed by atoms with Gasteiger partial charge in [-0.3, -0.25) is 0 Å². The number of imidazole rings is 2. The molecule has 1 aliphatic rings. The number of halogens is 4. The van der Waals surface area contributed by atoms with Crippen molar-refractivity contribution in [3.8, 4) is 17.1 Å². The first-order valence-electron chi connectivity index (χ1n) is 13.1. The summed E-state index contributed by atoms with van der Waals surface area (Å²) in [6, 6.07) is 14.5. The summed E-state index contributed by atoms with van der Waals surface area (Å²) < 4.78 is 43.2. The molecular formula is C28H26ClF3N8O3. The number of nitrogens with zero attached hydrogens (tertiary/aromatic N) is 7. The van der Waals surface area contributed by atoms with E-state index < -0.39 is 12.1 Å². The van der Waals surface area contributed by atoms with Crippen LogP contribution in [0.2, 0.25) is 5.15 Å². The van der Waals surface area contributed by atoms with E-state index in [2.05, 4.69) is 39.6 Å². The summed E-state index contributed by atoms with van der Waals surface area (Å²) in [5, 5.41) is 15.7. The minimum absolute atomic E-state index is 0.190.